The molecule has 0 radical (unpaired) electrons. The summed E-state index contributed by atoms with van der Waals surface area (Å²) in [5.41, 5.74) is 2.10. The molecular formula is C18H20N4O. The molecule has 118 valence electrons. The van der Waals surface area contributed by atoms with Crippen molar-refractivity contribution in [3.8, 4) is 17.1 Å². The summed E-state index contributed by atoms with van der Waals surface area (Å²) in [4.78, 5) is 0. The molecule has 3 rings (SSSR count). The van der Waals surface area contributed by atoms with Gasteiger partial charge in [-0.2, -0.15) is 0 Å². The maximum Gasteiger partial charge on any atom is 0.182 e. The van der Waals surface area contributed by atoms with Gasteiger partial charge in [-0.1, -0.05) is 56.3 Å². The third-order valence-corrected chi connectivity index (χ3v) is 3.41. The minimum absolute atomic E-state index is 0.481. The molecule has 0 fully saturated rings. The molecule has 0 N–H and O–H groups in total. The number of benzene rings is 2. The van der Waals surface area contributed by atoms with Crippen molar-refractivity contribution in [2.24, 2.45) is 5.92 Å². The SMILES string of the molecule is CC(C)Cn1nnnc1-c1cccc(OCc2ccccc2)c1. The highest BCUT2D eigenvalue weighted by molar-refractivity contribution is 5.57. The van der Waals surface area contributed by atoms with E-state index in [2.05, 4.69) is 29.4 Å². The van der Waals surface area contributed by atoms with Crippen LogP contribution in [0.2, 0.25) is 0 Å². The Morgan fingerprint density at radius 2 is 1.87 bits per heavy atom. The predicted molar refractivity (Wildman–Crippen MR) is 88.9 cm³/mol. The lowest BCUT2D eigenvalue weighted by Crippen LogP contribution is -2.08. The van der Waals surface area contributed by atoms with E-state index in [1.54, 1.807) is 0 Å². The lowest BCUT2D eigenvalue weighted by molar-refractivity contribution is 0.306. The van der Waals surface area contributed by atoms with Crippen molar-refractivity contribution in [3.05, 3.63) is 60.2 Å². The van der Waals surface area contributed by atoms with Gasteiger partial charge in [0.15, 0.2) is 5.82 Å². The summed E-state index contributed by atoms with van der Waals surface area (Å²) in [7, 11) is 0. The van der Waals surface area contributed by atoms with Gasteiger partial charge in [-0.25, -0.2) is 4.68 Å². The minimum atomic E-state index is 0.481. The highest BCUT2D eigenvalue weighted by Crippen LogP contribution is 2.22. The van der Waals surface area contributed by atoms with Crippen LogP contribution in [0.1, 0.15) is 19.4 Å². The summed E-state index contributed by atoms with van der Waals surface area (Å²) in [5.74, 6) is 2.06. The Balaban J connectivity index is 1.76. The van der Waals surface area contributed by atoms with Crippen LogP contribution in [0.25, 0.3) is 11.4 Å². The van der Waals surface area contributed by atoms with Gasteiger partial charge in [-0.05, 0) is 34.0 Å². The van der Waals surface area contributed by atoms with Crippen LogP contribution in [0.4, 0.5) is 0 Å². The number of ether oxygens (including phenoxy) is 1. The van der Waals surface area contributed by atoms with E-state index in [-0.39, 0.29) is 0 Å². The van der Waals surface area contributed by atoms with E-state index >= 15 is 0 Å². The molecule has 0 atom stereocenters. The quantitative estimate of drug-likeness (QED) is 0.698. The molecule has 0 aliphatic rings. The molecule has 0 aliphatic heterocycles. The van der Waals surface area contributed by atoms with Gasteiger partial charge in [0.25, 0.3) is 0 Å². The second kappa shape index (κ2) is 7.05. The highest BCUT2D eigenvalue weighted by Gasteiger charge is 2.11. The van der Waals surface area contributed by atoms with Crippen LogP contribution in [0.5, 0.6) is 5.75 Å². The number of tetrazole rings is 1. The molecule has 23 heavy (non-hydrogen) atoms. The smallest absolute Gasteiger partial charge is 0.182 e. The average molecular weight is 308 g/mol. The Morgan fingerprint density at radius 1 is 1.04 bits per heavy atom. The van der Waals surface area contributed by atoms with Crippen molar-refractivity contribution >= 4 is 0 Å². The van der Waals surface area contributed by atoms with Gasteiger partial charge in [0.2, 0.25) is 0 Å². The van der Waals surface area contributed by atoms with E-state index in [1.807, 2.05) is 59.3 Å². The lowest BCUT2D eigenvalue weighted by Gasteiger charge is -2.09. The molecule has 0 spiro atoms. The normalized spacial score (nSPS) is 10.9. The Labute approximate surface area is 135 Å². The van der Waals surface area contributed by atoms with Gasteiger partial charge in [-0.15, -0.1) is 5.10 Å². The number of hydrogen-bond donors (Lipinski definition) is 0. The molecule has 0 unspecified atom stereocenters. The molecule has 2 aromatic carbocycles. The maximum absolute atomic E-state index is 5.87. The Morgan fingerprint density at radius 3 is 2.65 bits per heavy atom. The van der Waals surface area contributed by atoms with E-state index in [0.29, 0.717) is 12.5 Å². The van der Waals surface area contributed by atoms with Crippen molar-refractivity contribution in [2.75, 3.05) is 0 Å². The van der Waals surface area contributed by atoms with Gasteiger partial charge >= 0.3 is 0 Å². The summed E-state index contributed by atoms with van der Waals surface area (Å²) in [6, 6.07) is 18.0. The van der Waals surface area contributed by atoms with Gasteiger partial charge in [-0.3, -0.25) is 0 Å². The van der Waals surface area contributed by atoms with Gasteiger partial charge in [0.1, 0.15) is 12.4 Å². The molecule has 0 amide bonds. The Kier molecular flexibility index (Phi) is 4.66. The van der Waals surface area contributed by atoms with Crippen molar-refractivity contribution in [1.29, 1.82) is 0 Å². The van der Waals surface area contributed by atoms with E-state index in [9.17, 15) is 0 Å². The molecule has 0 aliphatic carbocycles. The van der Waals surface area contributed by atoms with Gasteiger partial charge in [0.05, 0.1) is 0 Å². The van der Waals surface area contributed by atoms with Crippen LogP contribution in [0.3, 0.4) is 0 Å². The molecule has 1 heterocycles. The Hall–Kier alpha value is -2.69. The van der Waals surface area contributed by atoms with Crippen molar-refractivity contribution in [1.82, 2.24) is 20.2 Å². The number of rotatable bonds is 6. The summed E-state index contributed by atoms with van der Waals surface area (Å²) in [6.07, 6.45) is 0. The second-order valence-corrected chi connectivity index (χ2v) is 5.88. The molecule has 5 nitrogen and oxygen atoms in total. The van der Waals surface area contributed by atoms with E-state index in [4.69, 9.17) is 4.74 Å². The largest absolute Gasteiger partial charge is 0.489 e. The summed E-state index contributed by atoms with van der Waals surface area (Å²) in [6.45, 7) is 5.62. The third kappa shape index (κ3) is 3.94. The lowest BCUT2D eigenvalue weighted by atomic mass is 10.2. The fraction of sp³-hybridized carbons (Fsp3) is 0.278. The third-order valence-electron chi connectivity index (χ3n) is 3.41. The van der Waals surface area contributed by atoms with E-state index in [0.717, 1.165) is 29.2 Å². The molecule has 0 saturated heterocycles. The maximum atomic E-state index is 5.87. The van der Waals surface area contributed by atoms with Crippen LogP contribution in [-0.4, -0.2) is 20.2 Å². The molecule has 0 bridgehead atoms. The van der Waals surface area contributed by atoms with Crippen LogP contribution in [0, 0.1) is 5.92 Å². The molecule has 0 saturated carbocycles. The first-order chi connectivity index (χ1) is 11.2. The molecule has 1 aromatic heterocycles. The zero-order valence-electron chi connectivity index (χ0n) is 13.4. The predicted octanol–water partition coefficient (Wildman–Crippen LogP) is 3.58. The summed E-state index contributed by atoms with van der Waals surface area (Å²) < 4.78 is 7.71. The number of aromatic nitrogens is 4. The van der Waals surface area contributed by atoms with Crippen LogP contribution in [0.15, 0.2) is 54.6 Å². The first-order valence-corrected chi connectivity index (χ1v) is 7.75. The van der Waals surface area contributed by atoms with Gasteiger partial charge in [0, 0.05) is 12.1 Å². The van der Waals surface area contributed by atoms with Crippen molar-refractivity contribution in [2.45, 2.75) is 27.0 Å². The highest BCUT2D eigenvalue weighted by atomic mass is 16.5. The first-order valence-electron chi connectivity index (χ1n) is 7.75. The Bertz CT molecular complexity index is 752. The monoisotopic (exact) mass is 308 g/mol. The van der Waals surface area contributed by atoms with E-state index < -0.39 is 0 Å². The molecular weight excluding hydrogens is 288 g/mol. The number of hydrogen-bond acceptors (Lipinski definition) is 4. The number of nitrogens with zero attached hydrogens (tertiary/aromatic N) is 4. The van der Waals surface area contributed by atoms with Crippen LogP contribution < -0.4 is 4.74 Å². The fourth-order valence-corrected chi connectivity index (χ4v) is 2.35. The topological polar surface area (TPSA) is 52.8 Å². The molecule has 3 aromatic rings. The zero-order chi connectivity index (χ0) is 16.1. The van der Waals surface area contributed by atoms with Crippen LogP contribution in [-0.2, 0) is 13.2 Å². The summed E-state index contributed by atoms with van der Waals surface area (Å²) in [5, 5.41) is 12.0. The zero-order valence-corrected chi connectivity index (χ0v) is 13.4. The second-order valence-electron chi connectivity index (χ2n) is 5.88. The first kappa shape index (κ1) is 15.2. The van der Waals surface area contributed by atoms with Crippen LogP contribution >= 0.6 is 0 Å². The van der Waals surface area contributed by atoms with Crippen molar-refractivity contribution in [3.63, 3.8) is 0 Å². The standard InChI is InChI=1S/C18H20N4O/c1-14(2)12-22-18(19-20-21-22)16-9-6-10-17(11-16)23-13-15-7-4-3-5-8-15/h3-11,14H,12-13H2,1-2H3. The summed E-state index contributed by atoms with van der Waals surface area (Å²) >= 11 is 0. The fourth-order valence-electron chi connectivity index (χ4n) is 2.35. The van der Waals surface area contributed by atoms with Crippen molar-refractivity contribution < 1.29 is 4.74 Å². The minimum Gasteiger partial charge on any atom is -0.489 e. The molecule has 5 heteroatoms. The van der Waals surface area contributed by atoms with Gasteiger partial charge < -0.3 is 4.74 Å². The average Bonchev–Trinajstić information content (AvgIpc) is 3.01. The van der Waals surface area contributed by atoms with E-state index in [1.165, 1.54) is 0 Å².